The maximum Gasteiger partial charge on any atom is 0.191 e. The van der Waals surface area contributed by atoms with E-state index in [0.29, 0.717) is 6.54 Å². The molecule has 1 aliphatic rings. The molecule has 29 heavy (non-hydrogen) atoms. The first-order chi connectivity index (χ1) is 13.8. The Morgan fingerprint density at radius 1 is 1.07 bits per heavy atom. The van der Waals surface area contributed by atoms with Gasteiger partial charge in [0.2, 0.25) is 0 Å². The lowest BCUT2D eigenvalue weighted by Gasteiger charge is -2.35. The van der Waals surface area contributed by atoms with Crippen molar-refractivity contribution in [1.29, 1.82) is 0 Å². The molecule has 158 valence electrons. The highest BCUT2D eigenvalue weighted by Crippen LogP contribution is 2.21. The molecule has 0 saturated carbocycles. The summed E-state index contributed by atoms with van der Waals surface area (Å²) >= 11 is 0. The molecule has 1 heterocycles. The van der Waals surface area contributed by atoms with E-state index >= 15 is 0 Å². The number of halogens is 2. The van der Waals surface area contributed by atoms with E-state index < -0.39 is 0 Å². The second kappa shape index (κ2) is 12.8. The van der Waals surface area contributed by atoms with Crippen LogP contribution in [0.5, 0.6) is 0 Å². The van der Waals surface area contributed by atoms with E-state index in [-0.39, 0.29) is 35.8 Å². The van der Waals surface area contributed by atoms with E-state index in [4.69, 9.17) is 4.74 Å². The van der Waals surface area contributed by atoms with Crippen LogP contribution in [-0.4, -0.2) is 50.3 Å². The Hall–Kier alpha value is -1.71. The van der Waals surface area contributed by atoms with Gasteiger partial charge >= 0.3 is 0 Å². The van der Waals surface area contributed by atoms with Crippen LogP contribution in [0.2, 0.25) is 0 Å². The summed E-state index contributed by atoms with van der Waals surface area (Å²) in [4.78, 5) is 7.11. The van der Waals surface area contributed by atoms with Crippen molar-refractivity contribution in [2.45, 2.75) is 19.5 Å². The molecule has 0 aliphatic carbocycles. The van der Waals surface area contributed by atoms with Crippen LogP contribution in [0, 0.1) is 5.82 Å². The Morgan fingerprint density at radius 2 is 1.76 bits per heavy atom. The fraction of sp³-hybridized carbons (Fsp3) is 0.409. The van der Waals surface area contributed by atoms with E-state index in [1.807, 2.05) is 13.0 Å². The van der Waals surface area contributed by atoms with Gasteiger partial charge in [-0.05, 0) is 30.2 Å². The van der Waals surface area contributed by atoms with Crippen molar-refractivity contribution in [2.24, 2.45) is 4.99 Å². The van der Waals surface area contributed by atoms with E-state index in [1.54, 1.807) is 12.1 Å². The third-order valence-electron chi connectivity index (χ3n) is 4.81. The normalized spacial score (nSPS) is 16.0. The molecule has 1 unspecified atom stereocenters. The average Bonchev–Trinajstić information content (AvgIpc) is 2.75. The fourth-order valence-corrected chi connectivity index (χ4v) is 3.32. The number of morpholine rings is 1. The Bertz CT molecular complexity index is 736. The molecule has 0 radical (unpaired) electrons. The number of rotatable bonds is 7. The highest BCUT2D eigenvalue weighted by atomic mass is 127. The Labute approximate surface area is 189 Å². The van der Waals surface area contributed by atoms with E-state index in [1.165, 1.54) is 17.7 Å². The zero-order valence-electron chi connectivity index (χ0n) is 16.8. The molecule has 3 rings (SSSR count). The summed E-state index contributed by atoms with van der Waals surface area (Å²) in [5, 5.41) is 6.78. The van der Waals surface area contributed by atoms with Crippen LogP contribution < -0.4 is 10.6 Å². The lowest BCUT2D eigenvalue weighted by Crippen LogP contribution is -2.46. The molecule has 0 amide bonds. The largest absolute Gasteiger partial charge is 0.379 e. The summed E-state index contributed by atoms with van der Waals surface area (Å²) in [6.45, 7) is 7.45. The van der Waals surface area contributed by atoms with E-state index in [0.717, 1.165) is 50.9 Å². The average molecular weight is 512 g/mol. The van der Waals surface area contributed by atoms with Crippen LogP contribution in [0.4, 0.5) is 4.39 Å². The molecular formula is C22H30FIN4O. The van der Waals surface area contributed by atoms with Crippen molar-refractivity contribution in [3.05, 3.63) is 71.5 Å². The molecule has 2 N–H and O–H groups in total. The van der Waals surface area contributed by atoms with Crippen molar-refractivity contribution in [2.75, 3.05) is 39.4 Å². The number of nitrogens with zero attached hydrogens (tertiary/aromatic N) is 2. The summed E-state index contributed by atoms with van der Waals surface area (Å²) < 4.78 is 18.6. The van der Waals surface area contributed by atoms with Gasteiger partial charge in [0.1, 0.15) is 5.82 Å². The zero-order chi connectivity index (χ0) is 19.6. The summed E-state index contributed by atoms with van der Waals surface area (Å²) in [6.07, 6.45) is 0. The van der Waals surface area contributed by atoms with Gasteiger partial charge in [-0.1, -0.05) is 42.5 Å². The molecule has 5 nitrogen and oxygen atoms in total. The van der Waals surface area contributed by atoms with Gasteiger partial charge in [-0.3, -0.25) is 4.90 Å². The molecular weight excluding hydrogens is 482 g/mol. The lowest BCUT2D eigenvalue weighted by molar-refractivity contribution is 0.0170. The third kappa shape index (κ3) is 7.56. The van der Waals surface area contributed by atoms with Crippen LogP contribution in [0.25, 0.3) is 0 Å². The smallest absolute Gasteiger partial charge is 0.191 e. The quantitative estimate of drug-likeness (QED) is 0.339. The molecule has 2 aromatic carbocycles. The van der Waals surface area contributed by atoms with E-state index in [2.05, 4.69) is 44.8 Å². The first-order valence-corrected chi connectivity index (χ1v) is 9.89. The van der Waals surface area contributed by atoms with Crippen LogP contribution in [0.15, 0.2) is 59.6 Å². The minimum absolute atomic E-state index is 0. The first-order valence-electron chi connectivity index (χ1n) is 9.89. The van der Waals surface area contributed by atoms with Gasteiger partial charge in [0.15, 0.2) is 5.96 Å². The molecule has 0 bridgehead atoms. The van der Waals surface area contributed by atoms with E-state index in [9.17, 15) is 4.39 Å². The van der Waals surface area contributed by atoms with Crippen molar-refractivity contribution >= 4 is 29.9 Å². The maximum atomic E-state index is 13.1. The molecule has 1 saturated heterocycles. The number of ether oxygens (including phenoxy) is 1. The number of aliphatic imine (C=N–C) groups is 1. The predicted octanol–water partition coefficient (Wildman–Crippen LogP) is 3.57. The molecule has 1 fully saturated rings. The molecule has 0 aromatic heterocycles. The van der Waals surface area contributed by atoms with Crippen molar-refractivity contribution in [3.8, 4) is 0 Å². The van der Waals surface area contributed by atoms with Crippen LogP contribution >= 0.6 is 24.0 Å². The van der Waals surface area contributed by atoms with Crippen molar-refractivity contribution in [3.63, 3.8) is 0 Å². The fourth-order valence-electron chi connectivity index (χ4n) is 3.32. The molecule has 7 heteroatoms. The van der Waals surface area contributed by atoms with Gasteiger partial charge in [0, 0.05) is 26.2 Å². The summed E-state index contributed by atoms with van der Waals surface area (Å²) in [5.41, 5.74) is 2.26. The second-order valence-corrected chi connectivity index (χ2v) is 6.78. The highest BCUT2D eigenvalue weighted by Gasteiger charge is 2.22. The topological polar surface area (TPSA) is 48.9 Å². The maximum absolute atomic E-state index is 13.1. The minimum atomic E-state index is -0.228. The summed E-state index contributed by atoms with van der Waals surface area (Å²) in [6, 6.07) is 17.3. The molecule has 1 atom stereocenters. The second-order valence-electron chi connectivity index (χ2n) is 6.78. The summed E-state index contributed by atoms with van der Waals surface area (Å²) in [7, 11) is 0. The number of nitrogens with one attached hydrogen (secondary N) is 2. The monoisotopic (exact) mass is 512 g/mol. The zero-order valence-corrected chi connectivity index (χ0v) is 19.1. The van der Waals surface area contributed by atoms with Gasteiger partial charge in [-0.15, -0.1) is 24.0 Å². The van der Waals surface area contributed by atoms with Crippen LogP contribution in [0.3, 0.4) is 0 Å². The molecule has 0 spiro atoms. The van der Waals surface area contributed by atoms with Gasteiger partial charge in [-0.25, -0.2) is 9.38 Å². The Balaban J connectivity index is 0.00000300. The number of hydrogen-bond donors (Lipinski definition) is 2. The lowest BCUT2D eigenvalue weighted by atomic mass is 10.0. The first kappa shape index (κ1) is 23.6. The molecule has 2 aromatic rings. The van der Waals surface area contributed by atoms with Crippen molar-refractivity contribution in [1.82, 2.24) is 15.5 Å². The van der Waals surface area contributed by atoms with Crippen LogP contribution in [0.1, 0.15) is 24.1 Å². The van der Waals surface area contributed by atoms with Crippen LogP contribution in [-0.2, 0) is 11.3 Å². The Morgan fingerprint density at radius 3 is 2.41 bits per heavy atom. The summed E-state index contributed by atoms with van der Waals surface area (Å²) in [5.74, 6) is 0.537. The molecule has 1 aliphatic heterocycles. The Kier molecular flexibility index (Phi) is 10.4. The third-order valence-corrected chi connectivity index (χ3v) is 4.81. The van der Waals surface area contributed by atoms with Crippen molar-refractivity contribution < 1.29 is 9.13 Å². The standard InChI is InChI=1S/C22H29FN4O.HI/c1-2-24-22(25-16-18-8-10-20(23)11-9-18)26-17-21(19-6-4-3-5-7-19)27-12-14-28-15-13-27;/h3-11,21H,2,12-17H2,1H3,(H2,24,25,26);1H. The SMILES string of the molecule is CCNC(=NCc1ccc(F)cc1)NCC(c1ccccc1)N1CCOCC1.I. The van der Waals surface area contributed by atoms with Gasteiger partial charge in [-0.2, -0.15) is 0 Å². The minimum Gasteiger partial charge on any atom is -0.379 e. The highest BCUT2D eigenvalue weighted by molar-refractivity contribution is 14.0. The number of guanidine groups is 1. The number of hydrogen-bond acceptors (Lipinski definition) is 3. The number of benzene rings is 2. The van der Waals surface area contributed by atoms with Gasteiger partial charge in [0.05, 0.1) is 25.8 Å². The predicted molar refractivity (Wildman–Crippen MR) is 126 cm³/mol. The van der Waals surface area contributed by atoms with Gasteiger partial charge in [0.25, 0.3) is 0 Å². The van der Waals surface area contributed by atoms with Gasteiger partial charge < -0.3 is 15.4 Å².